The van der Waals surface area contributed by atoms with Crippen LogP contribution in [0.4, 0.5) is 0 Å². The Morgan fingerprint density at radius 1 is 0.680 bits per heavy atom. The van der Waals surface area contributed by atoms with Gasteiger partial charge in [0.1, 0.15) is 0 Å². The van der Waals surface area contributed by atoms with Gasteiger partial charge in [-0.05, 0) is 0 Å². The molecule has 25 heavy (non-hydrogen) atoms. The summed E-state index contributed by atoms with van der Waals surface area (Å²) < 4.78 is 1.46. The first-order valence-electron chi connectivity index (χ1n) is 8.59. The van der Waals surface area contributed by atoms with Crippen molar-refractivity contribution in [1.29, 1.82) is 0 Å². The van der Waals surface area contributed by atoms with E-state index >= 15 is 0 Å². The molecule has 4 bridgehead atoms. The standard InChI is InChI=1S/C22H20.2ClH.Ti/c1-15-13-17-7-3-5-9-21(17)19(15)11-12-20-16(2)14-18-8-4-6-10-22(18)20;;;/h3-10,13-14H,11-12H2,1-2H3;2*1H;/q;;;+2/p-2. The molecule has 126 valence electrons. The van der Waals surface area contributed by atoms with E-state index in [-0.39, 0.29) is 44.0 Å². The van der Waals surface area contributed by atoms with Crippen LogP contribution in [-0.2, 0) is 19.2 Å². The summed E-state index contributed by atoms with van der Waals surface area (Å²) in [5.41, 5.74) is 13.0. The zero-order valence-corrected chi connectivity index (χ0v) is 17.5. The van der Waals surface area contributed by atoms with E-state index in [2.05, 4.69) is 62.4 Å². The second-order valence-corrected chi connectivity index (χ2v) is 9.35. The molecule has 5 rings (SSSR count). The summed E-state index contributed by atoms with van der Waals surface area (Å²) >= 11 is -0.135. The number of hydrogen-bond donors (Lipinski definition) is 0. The van der Waals surface area contributed by atoms with Crippen molar-refractivity contribution < 1.29 is 44.0 Å². The predicted octanol–water partition coefficient (Wildman–Crippen LogP) is -0.0725. The Labute approximate surface area is 171 Å². The Bertz CT molecular complexity index is 821. The second-order valence-electron chi connectivity index (χ2n) is 7.03. The molecule has 0 nitrogen and oxygen atoms in total. The number of rotatable bonds is 0. The van der Waals surface area contributed by atoms with Crippen LogP contribution < -0.4 is 24.8 Å². The minimum atomic E-state index is -0.135. The number of allylic oxidation sites excluding steroid dienone is 4. The minimum absolute atomic E-state index is 0. The van der Waals surface area contributed by atoms with Gasteiger partial charge in [-0.25, -0.2) is 0 Å². The summed E-state index contributed by atoms with van der Waals surface area (Å²) in [6.45, 7) is 4.82. The van der Waals surface area contributed by atoms with E-state index in [1.54, 1.807) is 44.5 Å². The Balaban J connectivity index is 0.000000911. The van der Waals surface area contributed by atoms with E-state index in [0.717, 1.165) is 8.45 Å². The molecule has 2 aromatic carbocycles. The van der Waals surface area contributed by atoms with Crippen molar-refractivity contribution in [2.75, 3.05) is 0 Å². The summed E-state index contributed by atoms with van der Waals surface area (Å²) in [5.74, 6) is 0. The average molecular weight is 403 g/mol. The summed E-state index contributed by atoms with van der Waals surface area (Å²) in [5, 5.41) is 0. The van der Waals surface area contributed by atoms with Crippen molar-refractivity contribution in [2.24, 2.45) is 0 Å². The van der Waals surface area contributed by atoms with Crippen molar-refractivity contribution in [3.05, 3.63) is 81.9 Å². The third-order valence-corrected chi connectivity index (χ3v) is 9.33. The van der Waals surface area contributed by atoms with Gasteiger partial charge in [0.15, 0.2) is 0 Å². The van der Waals surface area contributed by atoms with E-state index in [1.807, 2.05) is 0 Å². The fraction of sp³-hybridized carbons (Fsp3) is 0.273. The zero-order chi connectivity index (χ0) is 15.6. The molecule has 2 unspecified atom stereocenters. The largest absolute Gasteiger partial charge is 1.00 e. The average Bonchev–Trinajstić information content (AvgIpc) is 3.01. The van der Waals surface area contributed by atoms with Gasteiger partial charge in [-0.1, -0.05) is 0 Å². The van der Waals surface area contributed by atoms with Crippen LogP contribution in [0.5, 0.6) is 0 Å². The van der Waals surface area contributed by atoms with E-state index in [0.29, 0.717) is 0 Å². The maximum absolute atomic E-state index is 2.41. The van der Waals surface area contributed by atoms with Crippen molar-refractivity contribution >= 4 is 11.1 Å². The maximum Gasteiger partial charge on any atom is -1.00 e. The topological polar surface area (TPSA) is 0 Å². The van der Waals surface area contributed by atoms with Crippen LogP contribution in [-0.4, -0.2) is 0 Å². The summed E-state index contributed by atoms with van der Waals surface area (Å²) in [6, 6.07) is 18.4. The molecule has 2 aliphatic carbocycles. The fourth-order valence-electron chi connectivity index (χ4n) is 4.80. The van der Waals surface area contributed by atoms with Crippen LogP contribution in [0.15, 0.2) is 59.7 Å². The van der Waals surface area contributed by atoms with Crippen LogP contribution in [0.25, 0.3) is 11.1 Å². The SMILES string of the molecule is CC1=C2CCC3=C(C)[CH]([Ti+2][CH]1c1ccccc12)c1ccccc13.[Cl-].[Cl-]. The van der Waals surface area contributed by atoms with E-state index in [1.165, 1.54) is 12.8 Å². The Morgan fingerprint density at radius 3 is 1.52 bits per heavy atom. The van der Waals surface area contributed by atoms with Crippen molar-refractivity contribution in [2.45, 2.75) is 35.1 Å². The second kappa shape index (κ2) is 7.08. The first-order valence-corrected chi connectivity index (χ1v) is 10.4. The normalized spacial score (nSPS) is 22.3. The number of fused-ring (bicyclic) bond motifs is 8. The number of halogens is 2. The van der Waals surface area contributed by atoms with Crippen molar-refractivity contribution in [3.63, 3.8) is 0 Å². The molecule has 0 N–H and O–H groups in total. The van der Waals surface area contributed by atoms with Gasteiger partial charge in [0.25, 0.3) is 0 Å². The van der Waals surface area contributed by atoms with Gasteiger partial charge in [-0.2, -0.15) is 0 Å². The van der Waals surface area contributed by atoms with Crippen LogP contribution >= 0.6 is 0 Å². The maximum atomic E-state index is 2.41. The monoisotopic (exact) mass is 402 g/mol. The first-order chi connectivity index (χ1) is 11.3. The zero-order valence-electron chi connectivity index (χ0n) is 14.4. The molecule has 1 aliphatic heterocycles. The molecular formula is C22H20Cl2Ti. The van der Waals surface area contributed by atoms with E-state index in [9.17, 15) is 0 Å². The van der Waals surface area contributed by atoms with Crippen LogP contribution in [0.3, 0.4) is 0 Å². The van der Waals surface area contributed by atoms with Gasteiger partial charge >= 0.3 is 147 Å². The molecule has 3 aliphatic rings. The first kappa shape index (κ1) is 19.0. The summed E-state index contributed by atoms with van der Waals surface area (Å²) in [4.78, 5) is 0. The molecule has 0 saturated carbocycles. The van der Waals surface area contributed by atoms with Gasteiger partial charge < -0.3 is 24.8 Å². The molecule has 1 heterocycles. The van der Waals surface area contributed by atoms with Crippen molar-refractivity contribution in [3.8, 4) is 0 Å². The third kappa shape index (κ3) is 2.70. The molecule has 0 aromatic heterocycles. The van der Waals surface area contributed by atoms with Gasteiger partial charge in [0.2, 0.25) is 0 Å². The quantitative estimate of drug-likeness (QED) is 0.541. The van der Waals surface area contributed by atoms with Crippen LogP contribution in [0.2, 0.25) is 0 Å². The molecule has 0 amide bonds. The summed E-state index contributed by atoms with van der Waals surface area (Å²) in [7, 11) is 0. The van der Waals surface area contributed by atoms with Crippen LogP contribution in [0.1, 0.15) is 57.4 Å². The van der Waals surface area contributed by atoms with Gasteiger partial charge in [-0.15, -0.1) is 0 Å². The molecule has 2 aromatic rings. The summed E-state index contributed by atoms with van der Waals surface area (Å²) in [6.07, 6.45) is 2.42. The van der Waals surface area contributed by atoms with Crippen LogP contribution in [0, 0.1) is 0 Å². The Kier molecular flexibility index (Phi) is 5.38. The van der Waals surface area contributed by atoms with E-state index in [4.69, 9.17) is 0 Å². The number of hydrogen-bond acceptors (Lipinski definition) is 0. The third-order valence-electron chi connectivity index (χ3n) is 5.97. The fourth-order valence-corrected chi connectivity index (χ4v) is 7.99. The van der Waals surface area contributed by atoms with E-state index < -0.39 is 0 Å². The molecule has 0 fully saturated rings. The Hall–Kier alpha value is -0.786. The molecule has 0 spiro atoms. The molecular weight excluding hydrogens is 383 g/mol. The molecule has 3 heteroatoms. The smallest absolute Gasteiger partial charge is 1.00 e. The molecule has 0 saturated heterocycles. The molecule has 2 atom stereocenters. The van der Waals surface area contributed by atoms with Crippen molar-refractivity contribution in [1.82, 2.24) is 0 Å². The Morgan fingerprint density at radius 2 is 1.08 bits per heavy atom. The predicted molar refractivity (Wildman–Crippen MR) is 92.8 cm³/mol. The van der Waals surface area contributed by atoms with Gasteiger partial charge in [0.05, 0.1) is 0 Å². The van der Waals surface area contributed by atoms with Gasteiger partial charge in [0, 0.05) is 0 Å². The molecule has 0 radical (unpaired) electrons. The minimum Gasteiger partial charge on any atom is -1.00 e. The van der Waals surface area contributed by atoms with Gasteiger partial charge in [-0.3, -0.25) is 0 Å². The number of benzene rings is 2.